The zero-order valence-electron chi connectivity index (χ0n) is 13.1. The van der Waals surface area contributed by atoms with Gasteiger partial charge in [0.2, 0.25) is 0 Å². The first-order chi connectivity index (χ1) is 9.46. The second kappa shape index (κ2) is 6.65. The van der Waals surface area contributed by atoms with Crippen molar-refractivity contribution in [2.75, 3.05) is 26.2 Å². The van der Waals surface area contributed by atoms with Gasteiger partial charge in [-0.05, 0) is 27.3 Å². The maximum Gasteiger partial charge on any atom is 0.0965 e. The van der Waals surface area contributed by atoms with Crippen LogP contribution < -0.4 is 5.32 Å². The second-order valence-electron chi connectivity index (χ2n) is 6.42. The van der Waals surface area contributed by atoms with Crippen molar-refractivity contribution in [1.29, 1.82) is 0 Å². The van der Waals surface area contributed by atoms with Crippen LogP contribution >= 0.6 is 0 Å². The highest BCUT2D eigenvalue weighted by Gasteiger charge is 2.20. The summed E-state index contributed by atoms with van der Waals surface area (Å²) in [6.45, 7) is 14.1. The van der Waals surface area contributed by atoms with E-state index in [2.05, 4.69) is 48.2 Å². The molecule has 6 nitrogen and oxygen atoms in total. The molecule has 1 aliphatic heterocycles. The normalized spacial score (nSPS) is 21.3. The van der Waals surface area contributed by atoms with Crippen molar-refractivity contribution in [1.82, 2.24) is 25.2 Å². The van der Waals surface area contributed by atoms with Crippen LogP contribution in [0.25, 0.3) is 0 Å². The average molecular weight is 281 g/mol. The SMILES string of the molecule is CCN1CCOC(Cn2cc(CNC(C)(C)C)nn2)C1. The van der Waals surface area contributed by atoms with Crippen molar-refractivity contribution >= 4 is 0 Å². The molecule has 1 N–H and O–H groups in total. The van der Waals surface area contributed by atoms with Gasteiger partial charge in [-0.2, -0.15) is 0 Å². The summed E-state index contributed by atoms with van der Waals surface area (Å²) in [5.41, 5.74) is 1.07. The highest BCUT2D eigenvalue weighted by molar-refractivity contribution is 4.93. The zero-order valence-corrected chi connectivity index (χ0v) is 13.1. The van der Waals surface area contributed by atoms with E-state index in [1.165, 1.54) is 0 Å². The van der Waals surface area contributed by atoms with Crippen molar-refractivity contribution in [2.24, 2.45) is 0 Å². The van der Waals surface area contributed by atoms with Gasteiger partial charge in [0.25, 0.3) is 0 Å². The van der Waals surface area contributed by atoms with Crippen LogP contribution in [0.2, 0.25) is 0 Å². The largest absolute Gasteiger partial charge is 0.374 e. The van der Waals surface area contributed by atoms with E-state index in [9.17, 15) is 0 Å². The number of nitrogens with one attached hydrogen (secondary N) is 1. The number of rotatable bonds is 5. The molecule has 0 aliphatic carbocycles. The van der Waals surface area contributed by atoms with E-state index in [1.807, 2.05) is 10.9 Å². The number of hydrogen-bond donors (Lipinski definition) is 1. The van der Waals surface area contributed by atoms with Gasteiger partial charge in [-0.25, -0.2) is 4.68 Å². The summed E-state index contributed by atoms with van der Waals surface area (Å²) < 4.78 is 7.68. The van der Waals surface area contributed by atoms with Crippen molar-refractivity contribution in [2.45, 2.75) is 52.4 Å². The average Bonchev–Trinajstić information content (AvgIpc) is 2.83. The topological polar surface area (TPSA) is 55.2 Å². The lowest BCUT2D eigenvalue weighted by molar-refractivity contribution is -0.0360. The summed E-state index contributed by atoms with van der Waals surface area (Å²) in [6.07, 6.45) is 2.22. The number of hydrogen-bond acceptors (Lipinski definition) is 5. The van der Waals surface area contributed by atoms with Gasteiger partial charge in [0.1, 0.15) is 0 Å². The van der Waals surface area contributed by atoms with E-state index in [0.717, 1.165) is 45.0 Å². The predicted octanol–water partition coefficient (Wildman–Crippen LogP) is 0.887. The van der Waals surface area contributed by atoms with Crippen molar-refractivity contribution in [3.8, 4) is 0 Å². The smallest absolute Gasteiger partial charge is 0.0965 e. The van der Waals surface area contributed by atoms with Gasteiger partial charge < -0.3 is 10.1 Å². The van der Waals surface area contributed by atoms with Crippen LogP contribution in [0.3, 0.4) is 0 Å². The summed E-state index contributed by atoms with van der Waals surface area (Å²) in [4.78, 5) is 2.41. The van der Waals surface area contributed by atoms with Crippen LogP contribution in [0.5, 0.6) is 0 Å². The molecule has 1 aromatic rings. The van der Waals surface area contributed by atoms with Crippen molar-refractivity contribution < 1.29 is 4.74 Å². The van der Waals surface area contributed by atoms with Crippen LogP contribution in [-0.2, 0) is 17.8 Å². The molecule has 1 fully saturated rings. The van der Waals surface area contributed by atoms with Gasteiger partial charge >= 0.3 is 0 Å². The number of likely N-dealkylation sites (N-methyl/N-ethyl adjacent to an activating group) is 1. The second-order valence-corrected chi connectivity index (χ2v) is 6.42. The zero-order chi connectivity index (χ0) is 14.6. The first-order valence-electron chi connectivity index (χ1n) is 7.44. The van der Waals surface area contributed by atoms with Crippen LogP contribution in [0.15, 0.2) is 6.20 Å². The third-order valence-electron chi connectivity index (χ3n) is 3.45. The number of aromatic nitrogens is 3. The fourth-order valence-electron chi connectivity index (χ4n) is 2.25. The van der Waals surface area contributed by atoms with Gasteiger partial charge in [-0.15, -0.1) is 5.10 Å². The molecule has 0 radical (unpaired) electrons. The Morgan fingerprint density at radius 3 is 2.95 bits per heavy atom. The highest BCUT2D eigenvalue weighted by Crippen LogP contribution is 2.07. The van der Waals surface area contributed by atoms with Crippen molar-refractivity contribution in [3.05, 3.63) is 11.9 Å². The molecule has 0 saturated carbocycles. The summed E-state index contributed by atoms with van der Waals surface area (Å²) in [6, 6.07) is 0. The lowest BCUT2D eigenvalue weighted by Gasteiger charge is -2.31. The summed E-state index contributed by atoms with van der Waals surface area (Å²) in [5, 5.41) is 11.8. The Morgan fingerprint density at radius 2 is 2.25 bits per heavy atom. The third kappa shape index (κ3) is 4.85. The fourth-order valence-corrected chi connectivity index (χ4v) is 2.25. The standard InChI is InChI=1S/C14H27N5O/c1-5-18-6-7-20-13(10-18)11-19-9-12(16-17-19)8-15-14(2,3)4/h9,13,15H,5-8,10-11H2,1-4H3. The maximum atomic E-state index is 5.79. The summed E-state index contributed by atoms with van der Waals surface area (Å²) >= 11 is 0. The van der Waals surface area contributed by atoms with Crippen LogP contribution in [-0.4, -0.2) is 57.8 Å². The molecule has 1 aromatic heterocycles. The monoisotopic (exact) mass is 281 g/mol. The highest BCUT2D eigenvalue weighted by atomic mass is 16.5. The lowest BCUT2D eigenvalue weighted by Crippen LogP contribution is -2.44. The Balaban J connectivity index is 1.83. The van der Waals surface area contributed by atoms with E-state index < -0.39 is 0 Å². The van der Waals surface area contributed by atoms with E-state index in [4.69, 9.17) is 4.74 Å². The summed E-state index contributed by atoms with van der Waals surface area (Å²) in [7, 11) is 0. The quantitative estimate of drug-likeness (QED) is 0.868. The molecule has 2 rings (SSSR count). The molecule has 114 valence electrons. The third-order valence-corrected chi connectivity index (χ3v) is 3.45. The van der Waals surface area contributed by atoms with Gasteiger partial charge in [0, 0.05) is 31.4 Å². The molecule has 2 heterocycles. The van der Waals surface area contributed by atoms with Gasteiger partial charge in [-0.1, -0.05) is 12.1 Å². The van der Waals surface area contributed by atoms with Crippen molar-refractivity contribution in [3.63, 3.8) is 0 Å². The van der Waals surface area contributed by atoms with Gasteiger partial charge in [0.05, 0.1) is 24.9 Å². The molecule has 1 unspecified atom stereocenters. The minimum atomic E-state index is 0.0951. The Kier molecular flexibility index (Phi) is 5.12. The minimum Gasteiger partial charge on any atom is -0.374 e. The fraction of sp³-hybridized carbons (Fsp3) is 0.857. The van der Waals surface area contributed by atoms with Crippen LogP contribution in [0, 0.1) is 0 Å². The molecule has 0 aromatic carbocycles. The van der Waals surface area contributed by atoms with Crippen LogP contribution in [0.1, 0.15) is 33.4 Å². The molecular formula is C14H27N5O. The number of ether oxygens (including phenoxy) is 1. The van der Waals surface area contributed by atoms with E-state index in [0.29, 0.717) is 0 Å². The lowest BCUT2D eigenvalue weighted by atomic mass is 10.1. The number of morpholine rings is 1. The van der Waals surface area contributed by atoms with Gasteiger partial charge in [-0.3, -0.25) is 4.90 Å². The molecular weight excluding hydrogens is 254 g/mol. The van der Waals surface area contributed by atoms with Crippen LogP contribution in [0.4, 0.5) is 0 Å². The Hall–Kier alpha value is -0.980. The molecule has 1 saturated heterocycles. The van der Waals surface area contributed by atoms with E-state index in [1.54, 1.807) is 0 Å². The Morgan fingerprint density at radius 1 is 1.45 bits per heavy atom. The van der Waals surface area contributed by atoms with E-state index in [-0.39, 0.29) is 11.6 Å². The molecule has 0 spiro atoms. The number of nitrogens with zero attached hydrogens (tertiary/aromatic N) is 4. The Bertz CT molecular complexity index is 412. The Labute approximate surface area is 121 Å². The molecule has 1 aliphatic rings. The summed E-state index contributed by atoms with van der Waals surface area (Å²) in [5.74, 6) is 0. The van der Waals surface area contributed by atoms with Gasteiger partial charge in [0.15, 0.2) is 0 Å². The molecule has 0 amide bonds. The molecule has 6 heteroatoms. The maximum absolute atomic E-state index is 5.79. The molecule has 1 atom stereocenters. The first kappa shape index (κ1) is 15.4. The van der Waals surface area contributed by atoms with E-state index >= 15 is 0 Å². The molecule has 20 heavy (non-hydrogen) atoms. The first-order valence-corrected chi connectivity index (χ1v) is 7.44. The molecule has 0 bridgehead atoms. The predicted molar refractivity (Wildman–Crippen MR) is 78.5 cm³/mol. The minimum absolute atomic E-state index is 0.0951.